The van der Waals surface area contributed by atoms with Crippen molar-refractivity contribution in [2.24, 2.45) is 0 Å². The molecular weight excluding hydrogens is 306 g/mol. The summed E-state index contributed by atoms with van der Waals surface area (Å²) in [6.45, 7) is 3.88. The second-order valence-electron chi connectivity index (χ2n) is 4.54. The number of hydrogen-bond donors (Lipinski definition) is 1. The monoisotopic (exact) mass is 319 g/mol. The van der Waals surface area contributed by atoms with Gasteiger partial charge in [-0.25, -0.2) is 13.2 Å². The predicted octanol–water partition coefficient (Wildman–Crippen LogP) is 1.72. The summed E-state index contributed by atoms with van der Waals surface area (Å²) in [5, 5.41) is 2.52. The third kappa shape index (κ3) is 3.34. The summed E-state index contributed by atoms with van der Waals surface area (Å²) in [4.78, 5) is 11.0. The fourth-order valence-electron chi connectivity index (χ4n) is 2.09. The molecule has 0 bridgehead atoms. The van der Waals surface area contributed by atoms with Gasteiger partial charge in [-0.15, -0.1) is 0 Å². The highest BCUT2D eigenvalue weighted by Crippen LogP contribution is 2.28. The Labute approximate surface area is 121 Å². The van der Waals surface area contributed by atoms with E-state index in [-0.39, 0.29) is 17.6 Å². The molecule has 1 N–H and O–H groups in total. The highest BCUT2D eigenvalue weighted by molar-refractivity contribution is 8.13. The standard InChI is InChI=1S/C12H14ClNO5S/c1-7-3-9(4-8(2)11(7)20(13,16)17)18-6-10-5-14-12(15)19-10/h3-4,10H,5-6H2,1-2H3,(H,14,15). The normalized spacial score (nSPS) is 18.6. The first-order valence-electron chi connectivity index (χ1n) is 5.90. The summed E-state index contributed by atoms with van der Waals surface area (Å²) in [6.07, 6.45) is -0.811. The van der Waals surface area contributed by atoms with E-state index >= 15 is 0 Å². The van der Waals surface area contributed by atoms with Crippen LogP contribution < -0.4 is 10.1 Å². The number of nitrogens with one attached hydrogen (secondary N) is 1. The highest BCUT2D eigenvalue weighted by Gasteiger charge is 2.23. The molecule has 2 rings (SSSR count). The highest BCUT2D eigenvalue weighted by atomic mass is 35.7. The van der Waals surface area contributed by atoms with Crippen molar-refractivity contribution in [1.29, 1.82) is 0 Å². The number of benzene rings is 1. The van der Waals surface area contributed by atoms with Gasteiger partial charge in [0.1, 0.15) is 12.4 Å². The number of ether oxygens (including phenoxy) is 2. The molecule has 1 heterocycles. The Morgan fingerprint density at radius 2 is 2.00 bits per heavy atom. The van der Waals surface area contributed by atoms with Crippen molar-refractivity contribution < 1.29 is 22.7 Å². The third-order valence-electron chi connectivity index (χ3n) is 2.86. The average molecular weight is 320 g/mol. The molecule has 0 radical (unpaired) electrons. The van der Waals surface area contributed by atoms with Crippen LogP contribution in [0.3, 0.4) is 0 Å². The largest absolute Gasteiger partial charge is 0.490 e. The molecule has 1 atom stereocenters. The van der Waals surface area contributed by atoms with E-state index in [1.54, 1.807) is 26.0 Å². The number of halogens is 1. The van der Waals surface area contributed by atoms with E-state index < -0.39 is 15.1 Å². The van der Waals surface area contributed by atoms with E-state index in [1.807, 2.05) is 0 Å². The number of amides is 1. The van der Waals surface area contributed by atoms with Crippen LogP contribution in [0.5, 0.6) is 5.75 Å². The van der Waals surface area contributed by atoms with Crippen LogP contribution in [0.4, 0.5) is 4.79 Å². The Hall–Kier alpha value is -1.47. The van der Waals surface area contributed by atoms with Crippen molar-refractivity contribution >= 4 is 25.8 Å². The lowest BCUT2D eigenvalue weighted by Gasteiger charge is -2.13. The number of carbonyl (C=O) groups excluding carboxylic acids is 1. The minimum Gasteiger partial charge on any atom is -0.490 e. The van der Waals surface area contributed by atoms with Gasteiger partial charge < -0.3 is 14.8 Å². The maximum absolute atomic E-state index is 11.4. The average Bonchev–Trinajstić information content (AvgIpc) is 2.69. The van der Waals surface area contributed by atoms with Gasteiger partial charge in [0.05, 0.1) is 11.4 Å². The molecule has 1 aliphatic heterocycles. The minimum atomic E-state index is -3.78. The molecule has 8 heteroatoms. The van der Waals surface area contributed by atoms with E-state index in [9.17, 15) is 13.2 Å². The van der Waals surface area contributed by atoms with Crippen molar-refractivity contribution in [1.82, 2.24) is 5.32 Å². The van der Waals surface area contributed by atoms with E-state index in [2.05, 4.69) is 5.32 Å². The quantitative estimate of drug-likeness (QED) is 0.854. The minimum absolute atomic E-state index is 0.0977. The number of alkyl carbamates (subject to hydrolysis) is 1. The smallest absolute Gasteiger partial charge is 0.407 e. The zero-order valence-electron chi connectivity index (χ0n) is 11.0. The first-order valence-corrected chi connectivity index (χ1v) is 8.21. The molecule has 0 spiro atoms. The second-order valence-corrected chi connectivity index (χ2v) is 7.05. The van der Waals surface area contributed by atoms with Gasteiger partial charge in [0.2, 0.25) is 0 Å². The summed E-state index contributed by atoms with van der Waals surface area (Å²) in [7, 11) is 1.60. The zero-order chi connectivity index (χ0) is 14.9. The summed E-state index contributed by atoms with van der Waals surface area (Å²) >= 11 is 0. The summed E-state index contributed by atoms with van der Waals surface area (Å²) in [5.74, 6) is 0.506. The lowest BCUT2D eigenvalue weighted by molar-refractivity contribution is 0.105. The first-order chi connectivity index (χ1) is 9.27. The van der Waals surface area contributed by atoms with E-state index in [1.165, 1.54) is 0 Å². The van der Waals surface area contributed by atoms with Crippen LogP contribution >= 0.6 is 10.7 Å². The lowest BCUT2D eigenvalue weighted by Crippen LogP contribution is -2.22. The number of rotatable bonds is 4. The van der Waals surface area contributed by atoms with Crippen LogP contribution in [-0.4, -0.2) is 33.8 Å². The maximum Gasteiger partial charge on any atom is 0.407 e. The Morgan fingerprint density at radius 3 is 2.45 bits per heavy atom. The second kappa shape index (κ2) is 5.49. The van der Waals surface area contributed by atoms with Crippen LogP contribution in [0.1, 0.15) is 11.1 Å². The Balaban J connectivity index is 2.13. The van der Waals surface area contributed by atoms with Gasteiger partial charge in [-0.2, -0.15) is 0 Å². The number of hydrogen-bond acceptors (Lipinski definition) is 5. The van der Waals surface area contributed by atoms with Crippen LogP contribution in [0, 0.1) is 13.8 Å². The number of carbonyl (C=O) groups is 1. The van der Waals surface area contributed by atoms with E-state index in [0.29, 0.717) is 23.4 Å². The fourth-order valence-corrected chi connectivity index (χ4v) is 3.71. The Bertz CT molecular complexity index is 620. The fraction of sp³-hybridized carbons (Fsp3) is 0.417. The summed E-state index contributed by atoms with van der Waals surface area (Å²) in [5.41, 5.74) is 1.02. The molecule has 0 aliphatic carbocycles. The Kier molecular flexibility index (Phi) is 4.10. The van der Waals surface area contributed by atoms with Gasteiger partial charge in [-0.3, -0.25) is 0 Å². The van der Waals surface area contributed by atoms with Crippen molar-refractivity contribution in [3.05, 3.63) is 23.3 Å². The van der Waals surface area contributed by atoms with Crippen LogP contribution in [0.15, 0.2) is 17.0 Å². The van der Waals surface area contributed by atoms with Gasteiger partial charge in [-0.05, 0) is 37.1 Å². The molecule has 1 aromatic carbocycles. The molecular formula is C12H14ClNO5S. The summed E-state index contributed by atoms with van der Waals surface area (Å²) in [6, 6.07) is 3.18. The molecule has 6 nitrogen and oxygen atoms in total. The Morgan fingerprint density at radius 1 is 1.40 bits per heavy atom. The van der Waals surface area contributed by atoms with Crippen LogP contribution in [-0.2, 0) is 13.8 Å². The molecule has 1 aromatic rings. The van der Waals surface area contributed by atoms with Crippen molar-refractivity contribution in [3.8, 4) is 5.75 Å². The topological polar surface area (TPSA) is 81.7 Å². The molecule has 0 aromatic heterocycles. The molecule has 0 saturated carbocycles. The molecule has 1 amide bonds. The van der Waals surface area contributed by atoms with Crippen LogP contribution in [0.2, 0.25) is 0 Å². The molecule has 1 saturated heterocycles. The van der Waals surface area contributed by atoms with Crippen molar-refractivity contribution in [2.75, 3.05) is 13.2 Å². The number of cyclic esters (lactones) is 1. The van der Waals surface area contributed by atoms with Crippen molar-refractivity contribution in [3.63, 3.8) is 0 Å². The lowest BCUT2D eigenvalue weighted by atomic mass is 10.1. The van der Waals surface area contributed by atoms with Gasteiger partial charge in [0, 0.05) is 10.7 Å². The van der Waals surface area contributed by atoms with Gasteiger partial charge in [0.15, 0.2) is 6.10 Å². The number of aryl methyl sites for hydroxylation is 2. The van der Waals surface area contributed by atoms with E-state index in [4.69, 9.17) is 20.2 Å². The molecule has 20 heavy (non-hydrogen) atoms. The molecule has 1 aliphatic rings. The summed E-state index contributed by atoms with van der Waals surface area (Å²) < 4.78 is 33.3. The van der Waals surface area contributed by atoms with Crippen LogP contribution in [0.25, 0.3) is 0 Å². The zero-order valence-corrected chi connectivity index (χ0v) is 12.5. The molecule has 1 unspecified atom stereocenters. The molecule has 1 fully saturated rings. The predicted molar refractivity (Wildman–Crippen MR) is 72.7 cm³/mol. The van der Waals surface area contributed by atoms with Gasteiger partial charge >= 0.3 is 6.09 Å². The third-order valence-corrected chi connectivity index (χ3v) is 4.46. The van der Waals surface area contributed by atoms with Gasteiger partial charge in [-0.1, -0.05) is 0 Å². The van der Waals surface area contributed by atoms with E-state index in [0.717, 1.165) is 0 Å². The SMILES string of the molecule is Cc1cc(OCC2CNC(=O)O2)cc(C)c1S(=O)(=O)Cl. The first kappa shape index (κ1) is 14.9. The maximum atomic E-state index is 11.4. The van der Waals surface area contributed by atoms with Gasteiger partial charge in [0.25, 0.3) is 9.05 Å². The molecule has 110 valence electrons. The van der Waals surface area contributed by atoms with Crippen molar-refractivity contribution in [2.45, 2.75) is 24.8 Å².